The fourth-order valence-electron chi connectivity index (χ4n) is 2.37. The first-order valence-corrected chi connectivity index (χ1v) is 6.81. The fraction of sp³-hybridized carbons (Fsp3) is 0.467. The molecule has 2 rings (SSSR count). The van der Waals surface area contributed by atoms with Crippen molar-refractivity contribution in [3.8, 4) is 0 Å². The molecule has 6 nitrogen and oxygen atoms in total. The average molecular weight is 292 g/mol. The van der Waals surface area contributed by atoms with Crippen molar-refractivity contribution >= 4 is 5.97 Å². The number of rotatable bonds is 3. The van der Waals surface area contributed by atoms with E-state index in [1.165, 1.54) is 17.5 Å². The van der Waals surface area contributed by atoms with Crippen molar-refractivity contribution in [1.82, 2.24) is 9.97 Å². The maximum absolute atomic E-state index is 10.3. The van der Waals surface area contributed by atoms with E-state index in [9.17, 15) is 4.79 Å². The Bertz CT molecular complexity index is 530. The van der Waals surface area contributed by atoms with Gasteiger partial charge in [-0.1, -0.05) is 23.3 Å². The summed E-state index contributed by atoms with van der Waals surface area (Å²) < 4.78 is 0. The van der Waals surface area contributed by atoms with Gasteiger partial charge in [0, 0.05) is 23.9 Å². The van der Waals surface area contributed by atoms with Crippen LogP contribution in [0.25, 0.3) is 0 Å². The molecule has 116 valence electrons. The third-order valence-corrected chi connectivity index (χ3v) is 3.00. The number of carbonyl (C=O) groups is 1. The number of carboxylic acids is 1. The molecule has 1 aromatic rings. The molecule has 1 unspecified atom stereocenters. The van der Waals surface area contributed by atoms with Crippen LogP contribution < -0.4 is 11.5 Å². The molecule has 1 aliphatic rings. The number of hydrogen-bond donors (Lipinski definition) is 4. The smallest absolute Gasteiger partial charge is 0.320 e. The molecule has 0 aliphatic heterocycles. The second-order valence-electron chi connectivity index (χ2n) is 5.79. The Balaban J connectivity index is 0.000000211. The number of nitrogens with zero attached hydrogens (tertiary/aromatic N) is 1. The third-order valence-electron chi connectivity index (χ3n) is 3.00. The minimum atomic E-state index is -1.00. The van der Waals surface area contributed by atoms with Crippen LogP contribution in [-0.4, -0.2) is 32.6 Å². The Morgan fingerprint density at radius 2 is 2.24 bits per heavy atom. The summed E-state index contributed by atoms with van der Waals surface area (Å²) in [6, 6.07) is -0.851. The Hall–Kier alpha value is -1.92. The number of imidazole rings is 1. The van der Waals surface area contributed by atoms with Crippen molar-refractivity contribution in [2.75, 3.05) is 0 Å². The van der Waals surface area contributed by atoms with Crippen molar-refractivity contribution < 1.29 is 9.90 Å². The van der Waals surface area contributed by atoms with Gasteiger partial charge in [-0.05, 0) is 27.2 Å². The molecule has 1 aliphatic carbocycles. The number of hydrogen-bond acceptors (Lipinski definition) is 4. The molecule has 6 heteroatoms. The van der Waals surface area contributed by atoms with E-state index in [-0.39, 0.29) is 12.0 Å². The predicted octanol–water partition coefficient (Wildman–Crippen LogP) is 1.36. The van der Waals surface area contributed by atoms with Gasteiger partial charge in [0.15, 0.2) is 0 Å². The number of nitrogens with one attached hydrogen (secondary N) is 1. The minimum Gasteiger partial charge on any atom is -0.480 e. The summed E-state index contributed by atoms with van der Waals surface area (Å²) in [7, 11) is 0. The lowest BCUT2D eigenvalue weighted by Gasteiger charge is -2.25. The lowest BCUT2D eigenvalue weighted by atomic mass is 9.87. The molecule has 0 aromatic carbocycles. The van der Waals surface area contributed by atoms with E-state index in [2.05, 4.69) is 42.9 Å². The second kappa shape index (κ2) is 7.19. The summed E-state index contributed by atoms with van der Waals surface area (Å²) in [6.07, 6.45) is 8.64. The van der Waals surface area contributed by atoms with Gasteiger partial charge >= 0.3 is 5.97 Å². The molecule has 0 fully saturated rings. The number of nitrogens with two attached hydrogens (primary N) is 2. The van der Waals surface area contributed by atoms with Crippen LogP contribution in [-0.2, 0) is 11.2 Å². The van der Waals surface area contributed by atoms with Gasteiger partial charge in [0.1, 0.15) is 6.04 Å². The monoisotopic (exact) mass is 292 g/mol. The van der Waals surface area contributed by atoms with E-state index < -0.39 is 12.0 Å². The summed E-state index contributed by atoms with van der Waals surface area (Å²) >= 11 is 0. The van der Waals surface area contributed by atoms with Crippen LogP contribution in [0.3, 0.4) is 0 Å². The molecule has 0 amide bonds. The zero-order valence-electron chi connectivity index (χ0n) is 12.8. The molecule has 1 aromatic heterocycles. The summed E-state index contributed by atoms with van der Waals surface area (Å²) in [5.74, 6) is -1.00. The standard InChI is InChI=1S/C9H15N.C6H9N3O2/c1-7-4-8(2)6-9(3,10)5-7;7-5(6(10)11)1-4-2-8-3-9-4/h4-5H,6,10H2,1-3H3;2-3,5H,1,7H2,(H,8,9)(H,10,11)/t;5-/m.0/s1. The third kappa shape index (κ3) is 6.37. The molecule has 1 heterocycles. The summed E-state index contributed by atoms with van der Waals surface area (Å²) in [4.78, 5) is 16.8. The highest BCUT2D eigenvalue weighted by Crippen LogP contribution is 2.23. The first-order chi connectivity index (χ1) is 9.69. The van der Waals surface area contributed by atoms with Crippen molar-refractivity contribution in [3.63, 3.8) is 0 Å². The molecule has 0 bridgehead atoms. The lowest BCUT2D eigenvalue weighted by molar-refractivity contribution is -0.138. The molecular formula is C15H24N4O2. The molecule has 0 saturated heterocycles. The molecule has 21 heavy (non-hydrogen) atoms. The molecule has 2 atom stereocenters. The van der Waals surface area contributed by atoms with E-state index in [0.717, 1.165) is 12.1 Å². The van der Waals surface area contributed by atoms with Crippen molar-refractivity contribution in [2.24, 2.45) is 11.5 Å². The van der Waals surface area contributed by atoms with E-state index in [0.29, 0.717) is 0 Å². The first kappa shape index (κ1) is 17.1. The topological polar surface area (TPSA) is 118 Å². The van der Waals surface area contributed by atoms with Crippen LogP contribution in [0.4, 0.5) is 0 Å². The van der Waals surface area contributed by atoms with Gasteiger partial charge in [0.2, 0.25) is 0 Å². The highest BCUT2D eigenvalue weighted by molar-refractivity contribution is 5.73. The van der Waals surface area contributed by atoms with E-state index in [1.54, 1.807) is 6.20 Å². The number of H-pyrrole nitrogens is 1. The number of aromatic nitrogens is 2. The number of aromatic amines is 1. The lowest BCUT2D eigenvalue weighted by Crippen LogP contribution is -2.35. The summed E-state index contributed by atoms with van der Waals surface area (Å²) in [5, 5.41) is 8.42. The van der Waals surface area contributed by atoms with E-state index in [1.807, 2.05) is 0 Å². The van der Waals surface area contributed by atoms with Crippen LogP contribution in [0.5, 0.6) is 0 Å². The van der Waals surface area contributed by atoms with Crippen molar-refractivity contribution in [2.45, 2.75) is 45.2 Å². The highest BCUT2D eigenvalue weighted by Gasteiger charge is 2.18. The number of aliphatic carboxylic acids is 1. The van der Waals surface area contributed by atoms with Crippen LogP contribution in [0, 0.1) is 0 Å². The minimum absolute atomic E-state index is 0.108. The van der Waals surface area contributed by atoms with E-state index >= 15 is 0 Å². The molecular weight excluding hydrogens is 268 g/mol. The number of carboxylic acid groups (broad SMARTS) is 1. The van der Waals surface area contributed by atoms with Crippen LogP contribution >= 0.6 is 0 Å². The Labute approximate surface area is 124 Å². The maximum atomic E-state index is 10.3. The highest BCUT2D eigenvalue weighted by atomic mass is 16.4. The predicted molar refractivity (Wildman–Crippen MR) is 82.6 cm³/mol. The van der Waals surface area contributed by atoms with Gasteiger partial charge in [-0.3, -0.25) is 4.79 Å². The van der Waals surface area contributed by atoms with Gasteiger partial charge < -0.3 is 21.6 Å². The Morgan fingerprint density at radius 3 is 2.67 bits per heavy atom. The van der Waals surface area contributed by atoms with Crippen molar-refractivity contribution in [3.05, 3.63) is 41.5 Å². The van der Waals surface area contributed by atoms with Gasteiger partial charge in [-0.25, -0.2) is 4.98 Å². The van der Waals surface area contributed by atoms with Crippen molar-refractivity contribution in [1.29, 1.82) is 0 Å². The Kier molecular flexibility index (Phi) is 5.87. The van der Waals surface area contributed by atoms with Gasteiger partial charge in [0.25, 0.3) is 0 Å². The maximum Gasteiger partial charge on any atom is 0.320 e. The summed E-state index contributed by atoms with van der Waals surface area (Å²) in [5.41, 5.74) is 14.5. The van der Waals surface area contributed by atoms with Crippen LogP contribution in [0.15, 0.2) is 35.8 Å². The molecule has 6 N–H and O–H groups in total. The average Bonchev–Trinajstić information content (AvgIpc) is 2.78. The fourth-order valence-corrected chi connectivity index (χ4v) is 2.37. The molecule has 0 radical (unpaired) electrons. The number of allylic oxidation sites excluding steroid dienone is 2. The van der Waals surface area contributed by atoms with Crippen LogP contribution in [0.1, 0.15) is 32.9 Å². The largest absolute Gasteiger partial charge is 0.480 e. The zero-order chi connectivity index (χ0) is 16.0. The van der Waals surface area contributed by atoms with Gasteiger partial charge in [-0.15, -0.1) is 0 Å². The van der Waals surface area contributed by atoms with E-state index in [4.69, 9.17) is 16.6 Å². The molecule has 0 spiro atoms. The molecule has 0 saturated carbocycles. The quantitative estimate of drug-likeness (QED) is 0.671. The van der Waals surface area contributed by atoms with Crippen LogP contribution in [0.2, 0.25) is 0 Å². The second-order valence-corrected chi connectivity index (χ2v) is 5.79. The normalized spacial score (nSPS) is 22.5. The zero-order valence-corrected chi connectivity index (χ0v) is 12.8. The summed E-state index contributed by atoms with van der Waals surface area (Å²) in [6.45, 7) is 6.28. The SMILES string of the molecule is CC1=CC(C)(N)CC(C)=C1.N[C@@H](Cc1cnc[nH]1)C(=O)O. The Morgan fingerprint density at radius 1 is 1.57 bits per heavy atom. The first-order valence-electron chi connectivity index (χ1n) is 6.81. The van der Waals surface area contributed by atoms with Gasteiger partial charge in [-0.2, -0.15) is 0 Å². The van der Waals surface area contributed by atoms with Gasteiger partial charge in [0.05, 0.1) is 6.33 Å².